The Morgan fingerprint density at radius 3 is 2.38 bits per heavy atom. The molecule has 1 N–H and O–H groups in total. The predicted molar refractivity (Wildman–Crippen MR) is 135 cm³/mol. The number of nitrogens with one attached hydrogen (secondary N) is 1. The molecule has 0 unspecified atom stereocenters. The van der Waals surface area contributed by atoms with Gasteiger partial charge in [0.15, 0.2) is 6.61 Å². The number of carbonyl (C=O) groups is 3. The van der Waals surface area contributed by atoms with Gasteiger partial charge < -0.3 is 10.1 Å². The molecular weight excluding hydrogens is 495 g/mol. The van der Waals surface area contributed by atoms with E-state index in [-0.39, 0.29) is 29.2 Å². The zero-order chi connectivity index (χ0) is 24.1. The third-order valence-corrected chi connectivity index (χ3v) is 6.48. The van der Waals surface area contributed by atoms with E-state index >= 15 is 0 Å². The number of para-hydroxylation sites is 2. The van der Waals surface area contributed by atoms with Gasteiger partial charge >= 0.3 is 0 Å². The second kappa shape index (κ2) is 10.8. The lowest BCUT2D eigenvalue weighted by atomic mass is 10.1. The highest BCUT2D eigenvalue weighted by atomic mass is 35.5. The van der Waals surface area contributed by atoms with Gasteiger partial charge in [0.25, 0.3) is 17.1 Å². The average Bonchev–Trinajstić information content (AvgIpc) is 3.08. The van der Waals surface area contributed by atoms with Crippen LogP contribution < -0.4 is 10.1 Å². The molecule has 0 atom stereocenters. The van der Waals surface area contributed by atoms with Gasteiger partial charge in [0.1, 0.15) is 5.75 Å². The van der Waals surface area contributed by atoms with E-state index in [0.29, 0.717) is 32.6 Å². The Morgan fingerprint density at radius 2 is 1.62 bits per heavy atom. The lowest BCUT2D eigenvalue weighted by Gasteiger charge is -2.13. The molecule has 3 aromatic rings. The van der Waals surface area contributed by atoms with Gasteiger partial charge in [0.05, 0.1) is 22.2 Å². The SMILES string of the molecule is O=C(COc1ccccc1/C=C1\SC(=O)N(Cc2ccccc2Cl)C1=O)Nc1ccccc1Cl. The maximum Gasteiger partial charge on any atom is 0.293 e. The summed E-state index contributed by atoms with van der Waals surface area (Å²) in [4.78, 5) is 39.1. The smallest absolute Gasteiger partial charge is 0.293 e. The topological polar surface area (TPSA) is 75.7 Å². The van der Waals surface area contributed by atoms with Crippen LogP contribution in [0.1, 0.15) is 11.1 Å². The molecule has 0 saturated carbocycles. The summed E-state index contributed by atoms with van der Waals surface area (Å²) in [6.45, 7) is -0.174. The fourth-order valence-electron chi connectivity index (χ4n) is 3.20. The molecule has 0 aromatic heterocycles. The molecule has 0 bridgehead atoms. The summed E-state index contributed by atoms with van der Waals surface area (Å²) in [5, 5.41) is 3.21. The molecule has 1 saturated heterocycles. The Hall–Kier alpha value is -3.26. The second-order valence-corrected chi connectivity index (χ2v) is 9.02. The first kappa shape index (κ1) is 23.9. The molecule has 0 spiro atoms. The number of hydrogen-bond donors (Lipinski definition) is 1. The quantitative estimate of drug-likeness (QED) is 0.378. The van der Waals surface area contributed by atoms with E-state index in [0.717, 1.165) is 16.7 Å². The number of benzene rings is 3. The van der Waals surface area contributed by atoms with Crippen molar-refractivity contribution in [1.82, 2.24) is 4.90 Å². The Kier molecular flexibility index (Phi) is 7.57. The molecule has 1 fully saturated rings. The second-order valence-electron chi connectivity index (χ2n) is 7.21. The van der Waals surface area contributed by atoms with Crippen LogP contribution >= 0.6 is 35.0 Å². The first-order chi connectivity index (χ1) is 16.4. The first-order valence-corrected chi connectivity index (χ1v) is 11.7. The van der Waals surface area contributed by atoms with Crippen LogP contribution in [0.15, 0.2) is 77.7 Å². The summed E-state index contributed by atoms with van der Waals surface area (Å²) >= 11 is 13.1. The van der Waals surface area contributed by atoms with Crippen LogP contribution in [0.5, 0.6) is 5.75 Å². The predicted octanol–water partition coefficient (Wildman–Crippen LogP) is 6.25. The highest BCUT2D eigenvalue weighted by Gasteiger charge is 2.35. The number of halogens is 2. The summed E-state index contributed by atoms with van der Waals surface area (Å²) in [7, 11) is 0. The average molecular weight is 513 g/mol. The number of imide groups is 1. The van der Waals surface area contributed by atoms with E-state index in [2.05, 4.69) is 5.32 Å². The molecule has 4 rings (SSSR count). The van der Waals surface area contributed by atoms with Gasteiger partial charge in [-0.3, -0.25) is 19.3 Å². The van der Waals surface area contributed by atoms with Gasteiger partial charge in [-0.15, -0.1) is 0 Å². The van der Waals surface area contributed by atoms with Crippen molar-refractivity contribution in [1.29, 1.82) is 0 Å². The number of nitrogens with zero attached hydrogens (tertiary/aromatic N) is 1. The number of thioether (sulfide) groups is 1. The van der Waals surface area contributed by atoms with Crippen LogP contribution in [-0.2, 0) is 16.1 Å². The maximum atomic E-state index is 12.9. The third kappa shape index (κ3) is 5.62. The highest BCUT2D eigenvalue weighted by Crippen LogP contribution is 2.35. The highest BCUT2D eigenvalue weighted by molar-refractivity contribution is 8.18. The molecule has 0 aliphatic carbocycles. The minimum absolute atomic E-state index is 0.0854. The molecular formula is C25H18Cl2N2O4S. The Bertz CT molecular complexity index is 1300. The van der Waals surface area contributed by atoms with Gasteiger partial charge in [-0.1, -0.05) is 71.7 Å². The zero-order valence-corrected chi connectivity index (χ0v) is 20.0. The van der Waals surface area contributed by atoms with Crippen LogP contribution in [0.4, 0.5) is 10.5 Å². The standard InChI is InChI=1S/C25H18Cl2N2O4S/c26-18-9-3-1-8-17(18)14-29-24(31)22(34-25(29)32)13-16-7-2-6-12-21(16)33-15-23(30)28-20-11-5-4-10-19(20)27/h1-13H,14-15H2,(H,28,30)/b22-13-. The molecule has 1 heterocycles. The molecule has 9 heteroatoms. The Labute approximate surface area is 210 Å². The van der Waals surface area contributed by atoms with Crippen molar-refractivity contribution in [2.24, 2.45) is 0 Å². The minimum Gasteiger partial charge on any atom is -0.483 e. The molecule has 172 valence electrons. The molecule has 1 aliphatic rings. The fourth-order valence-corrected chi connectivity index (χ4v) is 4.41. The fraction of sp³-hybridized carbons (Fsp3) is 0.0800. The van der Waals surface area contributed by atoms with Crippen LogP contribution in [0.3, 0.4) is 0 Å². The van der Waals surface area contributed by atoms with Crippen LogP contribution in [0, 0.1) is 0 Å². The van der Waals surface area contributed by atoms with Crippen LogP contribution in [-0.4, -0.2) is 28.6 Å². The van der Waals surface area contributed by atoms with E-state index in [9.17, 15) is 14.4 Å². The van der Waals surface area contributed by atoms with Gasteiger partial charge in [0.2, 0.25) is 0 Å². The molecule has 34 heavy (non-hydrogen) atoms. The van der Waals surface area contributed by atoms with E-state index in [1.165, 1.54) is 0 Å². The zero-order valence-electron chi connectivity index (χ0n) is 17.7. The van der Waals surface area contributed by atoms with Gasteiger partial charge in [-0.2, -0.15) is 0 Å². The van der Waals surface area contributed by atoms with Crippen molar-refractivity contribution >= 4 is 63.8 Å². The van der Waals surface area contributed by atoms with E-state index in [1.54, 1.807) is 78.9 Å². The Morgan fingerprint density at radius 1 is 0.941 bits per heavy atom. The number of hydrogen-bond acceptors (Lipinski definition) is 5. The van der Waals surface area contributed by atoms with E-state index in [4.69, 9.17) is 27.9 Å². The molecule has 1 aliphatic heterocycles. The summed E-state index contributed by atoms with van der Waals surface area (Å²) in [6, 6.07) is 20.9. The van der Waals surface area contributed by atoms with Crippen molar-refractivity contribution in [2.45, 2.75) is 6.54 Å². The van der Waals surface area contributed by atoms with Crippen molar-refractivity contribution in [3.8, 4) is 5.75 Å². The molecule has 0 radical (unpaired) electrons. The number of amides is 3. The lowest BCUT2D eigenvalue weighted by Crippen LogP contribution is -2.27. The largest absolute Gasteiger partial charge is 0.483 e. The van der Waals surface area contributed by atoms with Gasteiger partial charge in [-0.05, 0) is 47.7 Å². The summed E-state index contributed by atoms with van der Waals surface area (Å²) < 4.78 is 5.69. The monoisotopic (exact) mass is 512 g/mol. The number of rotatable bonds is 7. The maximum absolute atomic E-state index is 12.9. The number of ether oxygens (including phenoxy) is 1. The molecule has 3 aromatic carbocycles. The Balaban J connectivity index is 1.46. The third-order valence-electron chi connectivity index (χ3n) is 4.87. The van der Waals surface area contributed by atoms with Crippen LogP contribution in [0.25, 0.3) is 6.08 Å². The normalized spacial score (nSPS) is 14.5. The molecule has 6 nitrogen and oxygen atoms in total. The lowest BCUT2D eigenvalue weighted by molar-refractivity contribution is -0.123. The van der Waals surface area contributed by atoms with Crippen molar-refractivity contribution < 1.29 is 19.1 Å². The summed E-state index contributed by atoms with van der Waals surface area (Å²) in [5.41, 5.74) is 1.73. The first-order valence-electron chi connectivity index (χ1n) is 10.2. The van der Waals surface area contributed by atoms with Gasteiger partial charge in [-0.25, -0.2) is 0 Å². The molecule has 3 amide bonds. The number of carbonyl (C=O) groups excluding carboxylic acids is 3. The summed E-state index contributed by atoms with van der Waals surface area (Å²) in [5.74, 6) is -0.404. The van der Waals surface area contributed by atoms with E-state index in [1.807, 2.05) is 0 Å². The van der Waals surface area contributed by atoms with Crippen molar-refractivity contribution in [3.63, 3.8) is 0 Å². The van der Waals surface area contributed by atoms with E-state index < -0.39 is 5.91 Å². The van der Waals surface area contributed by atoms with Crippen molar-refractivity contribution in [3.05, 3.63) is 98.9 Å². The van der Waals surface area contributed by atoms with Crippen molar-refractivity contribution in [2.75, 3.05) is 11.9 Å². The van der Waals surface area contributed by atoms with Crippen LogP contribution in [0.2, 0.25) is 10.0 Å². The number of anilines is 1. The minimum atomic E-state index is -0.416. The summed E-state index contributed by atoms with van der Waals surface area (Å²) in [6.07, 6.45) is 1.58. The van der Waals surface area contributed by atoms with Gasteiger partial charge in [0, 0.05) is 10.6 Å².